The summed E-state index contributed by atoms with van der Waals surface area (Å²) >= 11 is 0. The topological polar surface area (TPSA) is 173 Å². The number of hydrogen-bond acceptors (Lipinski definition) is 8. The van der Waals surface area contributed by atoms with Gasteiger partial charge in [-0.05, 0) is 50.9 Å². The number of carbonyl (C=O) groups excluding carboxylic acids is 2. The third kappa shape index (κ3) is 3.94. The van der Waals surface area contributed by atoms with Crippen LogP contribution in [0.2, 0.25) is 0 Å². The molecule has 2 spiro atoms. The number of amides is 3. The predicted octanol–water partition coefficient (Wildman–Crippen LogP) is 0.211. The van der Waals surface area contributed by atoms with Crippen LogP contribution in [-0.2, 0) is 20.8 Å². The summed E-state index contributed by atoms with van der Waals surface area (Å²) in [6.45, 7) is 4.10. The normalized spacial score (nSPS) is 29.3. The zero-order valence-electron chi connectivity index (χ0n) is 21.9. The van der Waals surface area contributed by atoms with Gasteiger partial charge in [0.2, 0.25) is 5.88 Å². The largest absolute Gasteiger partial charge is 0.494 e. The van der Waals surface area contributed by atoms with E-state index in [9.17, 15) is 24.3 Å². The van der Waals surface area contributed by atoms with Crippen LogP contribution in [0, 0.1) is 16.7 Å². The van der Waals surface area contributed by atoms with E-state index in [-0.39, 0.29) is 36.4 Å². The Morgan fingerprint density at radius 3 is 2.39 bits per heavy atom. The summed E-state index contributed by atoms with van der Waals surface area (Å²) in [5.41, 5.74) is 2.82. The molecule has 0 aromatic carbocycles. The number of nitrogens with one attached hydrogen (secondary N) is 1. The van der Waals surface area contributed by atoms with Crippen LogP contribution in [0.4, 0.5) is 4.79 Å². The van der Waals surface area contributed by atoms with Crippen molar-refractivity contribution in [2.24, 2.45) is 17.1 Å². The van der Waals surface area contributed by atoms with Crippen molar-refractivity contribution in [1.29, 1.82) is 5.41 Å². The van der Waals surface area contributed by atoms with E-state index in [0.717, 1.165) is 9.13 Å². The molecule has 1 aromatic rings. The Morgan fingerprint density at radius 2 is 1.84 bits per heavy atom. The number of amidine groups is 1. The molecule has 3 heterocycles. The van der Waals surface area contributed by atoms with Crippen LogP contribution in [0.5, 0.6) is 5.88 Å². The predicted molar refractivity (Wildman–Crippen MR) is 135 cm³/mol. The van der Waals surface area contributed by atoms with Crippen LogP contribution in [0.3, 0.4) is 0 Å². The lowest BCUT2D eigenvalue weighted by Gasteiger charge is -2.58. The van der Waals surface area contributed by atoms with E-state index in [1.165, 1.54) is 11.9 Å². The van der Waals surface area contributed by atoms with E-state index < -0.39 is 40.1 Å². The lowest BCUT2D eigenvalue weighted by Crippen LogP contribution is -2.65. The second-order valence-electron chi connectivity index (χ2n) is 11.2. The van der Waals surface area contributed by atoms with E-state index in [4.69, 9.17) is 20.6 Å². The molecular formula is C25H36N6O7. The highest BCUT2D eigenvalue weighted by Crippen LogP contribution is 2.62. The van der Waals surface area contributed by atoms with Crippen molar-refractivity contribution < 1.29 is 24.2 Å². The molecule has 0 bridgehead atoms. The van der Waals surface area contributed by atoms with Crippen LogP contribution in [0.15, 0.2) is 9.59 Å². The molecule has 2 saturated carbocycles. The van der Waals surface area contributed by atoms with Gasteiger partial charge in [-0.1, -0.05) is 0 Å². The van der Waals surface area contributed by atoms with Gasteiger partial charge < -0.3 is 25.2 Å². The van der Waals surface area contributed by atoms with Gasteiger partial charge in [-0.25, -0.2) is 9.59 Å². The molecule has 13 nitrogen and oxygen atoms in total. The summed E-state index contributed by atoms with van der Waals surface area (Å²) in [5, 5.41) is 18.4. The highest BCUT2D eigenvalue weighted by molar-refractivity contribution is 6.07. The van der Waals surface area contributed by atoms with Gasteiger partial charge in [0.25, 0.3) is 11.5 Å². The molecule has 208 valence electrons. The van der Waals surface area contributed by atoms with E-state index in [1.807, 2.05) is 0 Å². The van der Waals surface area contributed by atoms with Crippen LogP contribution in [0.1, 0.15) is 57.1 Å². The van der Waals surface area contributed by atoms with Crippen molar-refractivity contribution in [3.8, 4) is 5.88 Å². The Kier molecular flexibility index (Phi) is 6.62. The minimum atomic E-state index is -0.822. The molecule has 0 unspecified atom stereocenters. The number of carbonyl (C=O) groups is 2. The maximum Gasteiger partial charge on any atom is 0.334 e. The number of nitrogens with two attached hydrogens (primary N) is 1. The van der Waals surface area contributed by atoms with Crippen molar-refractivity contribution in [3.63, 3.8) is 0 Å². The molecule has 2 saturated heterocycles. The number of nitrogen functional groups attached to an aromatic ring is 1. The molecule has 2 aliphatic carbocycles. The maximum atomic E-state index is 13.3. The SMILES string of the molecule is CCOCCn1c(O)c(C(=N)N)c(=O)n(C2CCC3(CC2)CC2(C3)C(=O)N(C)C(=O)N2CC2COC2)c1=O. The van der Waals surface area contributed by atoms with E-state index in [1.54, 1.807) is 11.8 Å². The van der Waals surface area contributed by atoms with Gasteiger partial charge in [0.1, 0.15) is 16.9 Å². The van der Waals surface area contributed by atoms with Crippen molar-refractivity contribution in [1.82, 2.24) is 18.9 Å². The van der Waals surface area contributed by atoms with E-state index in [0.29, 0.717) is 64.9 Å². The fourth-order valence-corrected chi connectivity index (χ4v) is 6.86. The average Bonchev–Trinajstić information content (AvgIpc) is 3.00. The molecule has 13 heteroatoms. The molecule has 0 radical (unpaired) electrons. The van der Waals surface area contributed by atoms with Crippen molar-refractivity contribution >= 4 is 17.8 Å². The number of nitrogens with zero attached hydrogens (tertiary/aromatic N) is 4. The zero-order chi connectivity index (χ0) is 27.4. The molecule has 4 fully saturated rings. The van der Waals surface area contributed by atoms with Gasteiger partial charge in [0, 0.05) is 32.2 Å². The Balaban J connectivity index is 1.36. The molecule has 2 aliphatic heterocycles. The number of likely N-dealkylation sites (N-methyl/N-ethyl adjacent to an activating group) is 1. The summed E-state index contributed by atoms with van der Waals surface area (Å²) < 4.78 is 12.7. The number of aromatic hydroxyl groups is 1. The minimum absolute atomic E-state index is 0.0176. The third-order valence-corrected chi connectivity index (χ3v) is 8.88. The third-order valence-electron chi connectivity index (χ3n) is 8.88. The first-order valence-corrected chi connectivity index (χ1v) is 13.2. The summed E-state index contributed by atoms with van der Waals surface area (Å²) in [6.07, 6.45) is 3.55. The van der Waals surface area contributed by atoms with Gasteiger partial charge >= 0.3 is 11.7 Å². The van der Waals surface area contributed by atoms with Crippen molar-refractivity contribution in [2.75, 3.05) is 40.0 Å². The van der Waals surface area contributed by atoms with Gasteiger partial charge in [0.15, 0.2) is 0 Å². The standard InChI is InChI=1S/C25H36N6O7/c1-3-37-9-8-29-19(32)17(18(26)27)20(33)31(23(29)36)16-4-6-24(7-5-16)13-25(14-24)21(34)28(2)22(35)30(25)10-15-11-38-12-15/h15-16,32H,3-14H2,1-2H3,(H3,26,27). The molecule has 4 aliphatic rings. The monoisotopic (exact) mass is 532 g/mol. The Hall–Kier alpha value is -3.19. The quantitative estimate of drug-likeness (QED) is 0.184. The smallest absolute Gasteiger partial charge is 0.334 e. The van der Waals surface area contributed by atoms with Crippen LogP contribution in [-0.4, -0.2) is 87.4 Å². The summed E-state index contributed by atoms with van der Waals surface area (Å²) in [4.78, 5) is 55.5. The zero-order valence-corrected chi connectivity index (χ0v) is 21.9. The second-order valence-corrected chi connectivity index (χ2v) is 11.2. The number of urea groups is 1. The van der Waals surface area contributed by atoms with E-state index >= 15 is 0 Å². The molecule has 4 N–H and O–H groups in total. The minimum Gasteiger partial charge on any atom is -0.494 e. The summed E-state index contributed by atoms with van der Waals surface area (Å²) in [5.74, 6) is -1.15. The second kappa shape index (κ2) is 9.53. The molecule has 5 rings (SSSR count). The number of aromatic nitrogens is 2. The van der Waals surface area contributed by atoms with E-state index in [2.05, 4.69) is 0 Å². The molecule has 0 atom stereocenters. The van der Waals surface area contributed by atoms with Crippen LogP contribution >= 0.6 is 0 Å². The fraction of sp³-hybridized carbons (Fsp3) is 0.720. The number of imide groups is 1. The maximum absolute atomic E-state index is 13.3. The van der Waals surface area contributed by atoms with Gasteiger partial charge in [0.05, 0.1) is 26.4 Å². The summed E-state index contributed by atoms with van der Waals surface area (Å²) in [6, 6.07) is -0.688. The van der Waals surface area contributed by atoms with Crippen molar-refractivity contribution in [2.45, 2.75) is 63.6 Å². The van der Waals surface area contributed by atoms with Gasteiger partial charge in [-0.15, -0.1) is 0 Å². The Bertz CT molecular complexity index is 1270. The lowest BCUT2D eigenvalue weighted by molar-refractivity contribution is -0.152. The molecule has 1 aromatic heterocycles. The van der Waals surface area contributed by atoms with Crippen LogP contribution < -0.4 is 17.0 Å². The highest BCUT2D eigenvalue weighted by Gasteiger charge is 2.68. The Morgan fingerprint density at radius 1 is 1.18 bits per heavy atom. The molecule has 38 heavy (non-hydrogen) atoms. The van der Waals surface area contributed by atoms with Gasteiger partial charge in [-0.2, -0.15) is 0 Å². The average molecular weight is 533 g/mol. The first kappa shape index (κ1) is 26.4. The molecular weight excluding hydrogens is 496 g/mol. The number of ether oxygens (including phenoxy) is 2. The summed E-state index contributed by atoms with van der Waals surface area (Å²) in [7, 11) is 1.53. The number of hydrogen-bond donors (Lipinski definition) is 3. The first-order valence-electron chi connectivity index (χ1n) is 13.2. The lowest BCUT2D eigenvalue weighted by atomic mass is 9.51. The molecule has 3 amide bonds. The number of rotatable bonds is 8. The van der Waals surface area contributed by atoms with Crippen LogP contribution in [0.25, 0.3) is 0 Å². The first-order chi connectivity index (χ1) is 18.0. The van der Waals surface area contributed by atoms with Crippen molar-refractivity contribution in [3.05, 3.63) is 26.4 Å². The van der Waals surface area contributed by atoms with Gasteiger partial charge in [-0.3, -0.25) is 29.0 Å². The Labute approximate surface area is 219 Å². The highest BCUT2D eigenvalue weighted by atomic mass is 16.5. The fourth-order valence-electron chi connectivity index (χ4n) is 6.86.